The van der Waals surface area contributed by atoms with Crippen LogP contribution in [-0.2, 0) is 11.3 Å². The Kier molecular flexibility index (Phi) is 7.21. The highest BCUT2D eigenvalue weighted by Gasteiger charge is 2.16. The van der Waals surface area contributed by atoms with E-state index in [4.69, 9.17) is 11.6 Å². The average Bonchev–Trinajstić information content (AvgIpc) is 2.93. The highest BCUT2D eigenvalue weighted by Crippen LogP contribution is 2.25. The molecule has 1 saturated heterocycles. The first-order valence-corrected chi connectivity index (χ1v) is 10.9. The molecule has 0 saturated carbocycles. The van der Waals surface area contributed by atoms with Crippen LogP contribution in [-0.4, -0.2) is 53.8 Å². The number of piperazine rings is 1. The number of halogens is 1. The van der Waals surface area contributed by atoms with Crippen molar-refractivity contribution in [1.29, 1.82) is 0 Å². The molecule has 2 aromatic rings. The second-order valence-electron chi connectivity index (χ2n) is 8.48. The molecule has 2 heterocycles. The lowest BCUT2D eigenvalue weighted by Gasteiger charge is -2.35. The molecule has 7 heteroatoms. The highest BCUT2D eigenvalue weighted by molar-refractivity contribution is 6.31. The van der Waals surface area contributed by atoms with Gasteiger partial charge in [-0.25, -0.2) is 0 Å². The maximum absolute atomic E-state index is 12.4. The third-order valence-corrected chi connectivity index (χ3v) is 5.76. The topological polar surface area (TPSA) is 53.4 Å². The predicted molar refractivity (Wildman–Crippen MR) is 125 cm³/mol. The Morgan fingerprint density at radius 1 is 1.23 bits per heavy atom. The summed E-state index contributed by atoms with van der Waals surface area (Å²) in [4.78, 5) is 17.2. The molecule has 1 aromatic carbocycles. The molecule has 1 aromatic heterocycles. The van der Waals surface area contributed by atoms with Gasteiger partial charge in [0.2, 0.25) is 5.91 Å². The minimum Gasteiger partial charge on any atom is -0.369 e. The Balaban J connectivity index is 1.65. The van der Waals surface area contributed by atoms with Gasteiger partial charge in [0.05, 0.1) is 5.69 Å². The van der Waals surface area contributed by atoms with E-state index in [9.17, 15) is 4.79 Å². The van der Waals surface area contributed by atoms with E-state index in [0.29, 0.717) is 11.1 Å². The fraction of sp³-hybridized carbons (Fsp3) is 0.478. The maximum Gasteiger partial charge on any atom is 0.248 e. The number of benzene rings is 1. The molecule has 0 aliphatic carbocycles. The quantitative estimate of drug-likeness (QED) is 0.699. The fourth-order valence-electron chi connectivity index (χ4n) is 3.70. The highest BCUT2D eigenvalue weighted by atomic mass is 35.5. The monoisotopic (exact) mass is 429 g/mol. The number of anilines is 2. The van der Waals surface area contributed by atoms with Gasteiger partial charge in [0, 0.05) is 55.7 Å². The van der Waals surface area contributed by atoms with Crippen molar-refractivity contribution in [3.63, 3.8) is 0 Å². The number of hydrogen-bond donors (Lipinski definition) is 1. The van der Waals surface area contributed by atoms with Crippen LogP contribution in [0.15, 0.2) is 24.3 Å². The Labute approximate surface area is 184 Å². The molecular formula is C23H32ClN5O. The van der Waals surface area contributed by atoms with Crippen molar-refractivity contribution in [3.8, 4) is 0 Å². The summed E-state index contributed by atoms with van der Waals surface area (Å²) in [5.74, 6) is 0.257. The van der Waals surface area contributed by atoms with Gasteiger partial charge in [-0.2, -0.15) is 5.10 Å². The first-order valence-electron chi connectivity index (χ1n) is 10.5. The van der Waals surface area contributed by atoms with Gasteiger partial charge < -0.3 is 15.1 Å². The molecule has 6 nitrogen and oxygen atoms in total. The van der Waals surface area contributed by atoms with Crippen LogP contribution in [0.3, 0.4) is 0 Å². The van der Waals surface area contributed by atoms with Crippen LogP contribution in [0, 0.1) is 19.8 Å². The smallest absolute Gasteiger partial charge is 0.248 e. The molecule has 162 valence electrons. The first kappa shape index (κ1) is 22.4. The van der Waals surface area contributed by atoms with Gasteiger partial charge in [-0.05, 0) is 56.7 Å². The number of amides is 1. The molecule has 0 spiro atoms. The van der Waals surface area contributed by atoms with E-state index >= 15 is 0 Å². The van der Waals surface area contributed by atoms with E-state index < -0.39 is 0 Å². The Bertz CT molecular complexity index is 926. The molecule has 1 aliphatic rings. The van der Waals surface area contributed by atoms with Crippen molar-refractivity contribution in [2.45, 2.75) is 34.2 Å². The molecule has 1 aliphatic heterocycles. The number of carbonyl (C=O) groups excluding carboxylic acids is 1. The molecule has 0 radical (unpaired) electrons. The summed E-state index contributed by atoms with van der Waals surface area (Å²) in [5, 5.41) is 7.99. The van der Waals surface area contributed by atoms with Crippen molar-refractivity contribution >= 4 is 35.0 Å². The van der Waals surface area contributed by atoms with Crippen molar-refractivity contribution in [2.75, 3.05) is 43.4 Å². The van der Waals surface area contributed by atoms with E-state index in [2.05, 4.69) is 54.1 Å². The Morgan fingerprint density at radius 2 is 1.93 bits per heavy atom. The van der Waals surface area contributed by atoms with Crippen LogP contribution in [0.4, 0.5) is 11.4 Å². The van der Waals surface area contributed by atoms with Crippen LogP contribution in [0.1, 0.15) is 30.7 Å². The van der Waals surface area contributed by atoms with Gasteiger partial charge in [-0.1, -0.05) is 25.4 Å². The maximum atomic E-state index is 12.4. The summed E-state index contributed by atoms with van der Waals surface area (Å²) >= 11 is 6.45. The van der Waals surface area contributed by atoms with Crippen LogP contribution in [0.2, 0.25) is 5.15 Å². The van der Waals surface area contributed by atoms with E-state index in [1.807, 2.05) is 19.1 Å². The normalized spacial score (nSPS) is 15.4. The van der Waals surface area contributed by atoms with E-state index in [1.165, 1.54) is 11.8 Å². The van der Waals surface area contributed by atoms with Crippen molar-refractivity contribution in [2.24, 2.45) is 5.92 Å². The van der Waals surface area contributed by atoms with E-state index in [0.717, 1.165) is 55.2 Å². The zero-order valence-corrected chi connectivity index (χ0v) is 19.3. The minimum atomic E-state index is -0.186. The second kappa shape index (κ2) is 9.67. The van der Waals surface area contributed by atoms with Crippen molar-refractivity contribution < 1.29 is 4.79 Å². The third-order valence-electron chi connectivity index (χ3n) is 5.36. The van der Waals surface area contributed by atoms with Crippen LogP contribution >= 0.6 is 11.6 Å². The summed E-state index contributed by atoms with van der Waals surface area (Å²) in [6.07, 6.45) is 3.25. The minimum absolute atomic E-state index is 0.186. The van der Waals surface area contributed by atoms with Gasteiger partial charge in [0.15, 0.2) is 0 Å². The third kappa shape index (κ3) is 5.43. The molecule has 0 bridgehead atoms. The van der Waals surface area contributed by atoms with Gasteiger partial charge in [-0.3, -0.25) is 9.48 Å². The number of nitrogens with one attached hydrogen (secondary N) is 1. The van der Waals surface area contributed by atoms with Crippen LogP contribution in [0.25, 0.3) is 6.08 Å². The number of likely N-dealkylation sites (N-methyl/N-ethyl adjacent to an activating group) is 1. The molecule has 1 amide bonds. The SMILES string of the molecule is Cc1cc(NC(=O)/C=C/c2c(C)nn(CC(C)C)c2Cl)ccc1N1CCN(C)CC1. The summed E-state index contributed by atoms with van der Waals surface area (Å²) < 4.78 is 1.79. The lowest BCUT2D eigenvalue weighted by molar-refractivity contribution is -0.111. The average molecular weight is 430 g/mol. The fourth-order valence-corrected chi connectivity index (χ4v) is 4.01. The van der Waals surface area contributed by atoms with Crippen LogP contribution < -0.4 is 10.2 Å². The number of nitrogens with zero attached hydrogens (tertiary/aromatic N) is 4. The second-order valence-corrected chi connectivity index (χ2v) is 8.84. The van der Waals surface area contributed by atoms with Crippen molar-refractivity contribution in [1.82, 2.24) is 14.7 Å². The molecule has 0 unspecified atom stereocenters. The number of aromatic nitrogens is 2. The largest absolute Gasteiger partial charge is 0.369 e. The summed E-state index contributed by atoms with van der Waals surface area (Å²) in [5.41, 5.74) is 4.79. The van der Waals surface area contributed by atoms with E-state index in [1.54, 1.807) is 10.8 Å². The summed E-state index contributed by atoms with van der Waals surface area (Å²) in [6.45, 7) is 13.2. The standard InChI is InChI=1S/C23H32ClN5O/c1-16(2)15-29-23(24)20(18(4)26-29)7-9-22(30)25-19-6-8-21(17(3)14-19)28-12-10-27(5)11-13-28/h6-9,14,16H,10-13,15H2,1-5H3,(H,25,30)/b9-7+. The number of aryl methyl sites for hydroxylation is 2. The van der Waals surface area contributed by atoms with Gasteiger partial charge in [0.1, 0.15) is 5.15 Å². The zero-order valence-electron chi connectivity index (χ0n) is 18.6. The lowest BCUT2D eigenvalue weighted by Crippen LogP contribution is -2.44. The van der Waals surface area contributed by atoms with Gasteiger partial charge in [0.25, 0.3) is 0 Å². The lowest BCUT2D eigenvalue weighted by atomic mass is 10.1. The van der Waals surface area contributed by atoms with E-state index in [-0.39, 0.29) is 5.91 Å². The number of carbonyl (C=O) groups is 1. The molecule has 30 heavy (non-hydrogen) atoms. The Hall–Kier alpha value is -2.31. The van der Waals surface area contributed by atoms with Gasteiger partial charge in [-0.15, -0.1) is 0 Å². The molecule has 1 N–H and O–H groups in total. The first-order chi connectivity index (χ1) is 14.2. The molecule has 1 fully saturated rings. The Morgan fingerprint density at radius 3 is 2.57 bits per heavy atom. The summed E-state index contributed by atoms with van der Waals surface area (Å²) in [6, 6.07) is 6.08. The van der Waals surface area contributed by atoms with Crippen molar-refractivity contribution in [3.05, 3.63) is 46.2 Å². The number of hydrogen-bond acceptors (Lipinski definition) is 4. The van der Waals surface area contributed by atoms with Crippen LogP contribution in [0.5, 0.6) is 0 Å². The number of rotatable bonds is 6. The molecule has 0 atom stereocenters. The molecular weight excluding hydrogens is 398 g/mol. The predicted octanol–water partition coefficient (Wildman–Crippen LogP) is 4.21. The summed E-state index contributed by atoms with van der Waals surface area (Å²) in [7, 11) is 2.15. The zero-order chi connectivity index (χ0) is 21.8. The van der Waals surface area contributed by atoms with Gasteiger partial charge >= 0.3 is 0 Å². The molecule has 3 rings (SSSR count).